The molecule has 0 saturated heterocycles. The molecule has 0 aliphatic heterocycles. The van der Waals surface area contributed by atoms with Crippen molar-refractivity contribution in [1.29, 1.82) is 0 Å². The zero-order chi connectivity index (χ0) is 14.4. The third kappa shape index (κ3) is 4.53. The van der Waals surface area contributed by atoms with Crippen molar-refractivity contribution in [2.75, 3.05) is 11.9 Å². The van der Waals surface area contributed by atoms with E-state index in [9.17, 15) is 0 Å². The summed E-state index contributed by atoms with van der Waals surface area (Å²) >= 11 is 1.72. The van der Waals surface area contributed by atoms with Gasteiger partial charge in [-0.05, 0) is 25.8 Å². The van der Waals surface area contributed by atoms with Gasteiger partial charge in [-0.1, -0.05) is 36.2 Å². The molecule has 3 nitrogen and oxygen atoms in total. The van der Waals surface area contributed by atoms with E-state index in [1.807, 2.05) is 6.20 Å². The van der Waals surface area contributed by atoms with E-state index in [1.54, 1.807) is 18.0 Å². The molecule has 0 bridgehead atoms. The lowest BCUT2D eigenvalue weighted by atomic mass is 10.1. The molecule has 1 heterocycles. The number of thioether (sulfide) groups is 1. The molecule has 106 valence electrons. The average Bonchev–Trinajstić information content (AvgIpc) is 2.42. The molecule has 1 N–H and O–H groups in total. The van der Waals surface area contributed by atoms with Crippen molar-refractivity contribution < 1.29 is 0 Å². The fourth-order valence-electron chi connectivity index (χ4n) is 2.07. The zero-order valence-electron chi connectivity index (χ0n) is 12.3. The van der Waals surface area contributed by atoms with Gasteiger partial charge in [-0.25, -0.2) is 4.98 Å². The first-order chi connectivity index (χ1) is 9.67. The Morgan fingerprint density at radius 1 is 1.10 bits per heavy atom. The third-order valence-corrected chi connectivity index (χ3v) is 3.81. The predicted octanol–water partition coefficient (Wildman–Crippen LogP) is 4.21. The topological polar surface area (TPSA) is 37.8 Å². The highest BCUT2D eigenvalue weighted by atomic mass is 32.2. The van der Waals surface area contributed by atoms with Crippen LogP contribution in [-0.2, 0) is 5.75 Å². The molecule has 0 radical (unpaired) electrons. The van der Waals surface area contributed by atoms with Crippen LogP contribution in [0.5, 0.6) is 0 Å². The molecule has 0 fully saturated rings. The van der Waals surface area contributed by atoms with Gasteiger partial charge in [0.1, 0.15) is 10.8 Å². The van der Waals surface area contributed by atoms with E-state index in [0.29, 0.717) is 0 Å². The van der Waals surface area contributed by atoms with Crippen LogP contribution >= 0.6 is 11.8 Å². The molecule has 0 amide bonds. The molecule has 4 heteroatoms. The van der Waals surface area contributed by atoms with Crippen molar-refractivity contribution in [3.63, 3.8) is 0 Å². The fourth-order valence-corrected chi connectivity index (χ4v) is 2.84. The molecule has 20 heavy (non-hydrogen) atoms. The number of nitrogens with one attached hydrogen (secondary N) is 1. The van der Waals surface area contributed by atoms with Crippen molar-refractivity contribution >= 4 is 17.6 Å². The maximum Gasteiger partial charge on any atom is 0.145 e. The van der Waals surface area contributed by atoms with Crippen molar-refractivity contribution in [1.82, 2.24) is 9.97 Å². The van der Waals surface area contributed by atoms with Gasteiger partial charge in [-0.15, -0.1) is 11.8 Å². The molecule has 0 saturated carbocycles. The first-order valence-corrected chi connectivity index (χ1v) is 7.92. The number of hydrogen-bond acceptors (Lipinski definition) is 4. The van der Waals surface area contributed by atoms with Crippen LogP contribution in [0, 0.1) is 13.8 Å². The van der Waals surface area contributed by atoms with E-state index < -0.39 is 0 Å². The summed E-state index contributed by atoms with van der Waals surface area (Å²) in [6.07, 6.45) is 4.68. The van der Waals surface area contributed by atoms with E-state index in [-0.39, 0.29) is 0 Å². The Hall–Kier alpha value is -1.55. The largest absolute Gasteiger partial charge is 0.369 e. The van der Waals surface area contributed by atoms with Crippen molar-refractivity contribution in [2.24, 2.45) is 0 Å². The smallest absolute Gasteiger partial charge is 0.145 e. The summed E-state index contributed by atoms with van der Waals surface area (Å²) in [5.41, 5.74) is 3.95. The van der Waals surface area contributed by atoms with Crippen LogP contribution in [0.15, 0.2) is 35.6 Å². The van der Waals surface area contributed by atoms with Crippen LogP contribution in [-0.4, -0.2) is 16.5 Å². The number of rotatable bonds is 6. The Bertz CT molecular complexity index is 549. The lowest BCUT2D eigenvalue weighted by Crippen LogP contribution is -2.02. The van der Waals surface area contributed by atoms with Crippen molar-refractivity contribution in [2.45, 2.75) is 38.0 Å². The minimum Gasteiger partial charge on any atom is -0.369 e. The predicted molar refractivity (Wildman–Crippen MR) is 86.3 cm³/mol. The molecule has 2 rings (SSSR count). The number of aryl methyl sites for hydroxylation is 2. The molecule has 0 spiro atoms. The summed E-state index contributed by atoms with van der Waals surface area (Å²) in [6, 6.07) is 6.66. The SMILES string of the molecule is CCCNc1cncc(SCc2cc(C)cc(C)c2)n1. The second-order valence-electron chi connectivity index (χ2n) is 4.95. The number of hydrogen-bond donors (Lipinski definition) is 1. The van der Waals surface area contributed by atoms with Crippen LogP contribution in [0.3, 0.4) is 0 Å². The Morgan fingerprint density at radius 2 is 1.85 bits per heavy atom. The summed E-state index contributed by atoms with van der Waals surface area (Å²) in [7, 11) is 0. The van der Waals surface area contributed by atoms with Gasteiger partial charge in [0, 0.05) is 12.3 Å². The van der Waals surface area contributed by atoms with Gasteiger partial charge in [0.25, 0.3) is 0 Å². The summed E-state index contributed by atoms with van der Waals surface area (Å²) in [4.78, 5) is 8.80. The maximum absolute atomic E-state index is 4.56. The number of anilines is 1. The van der Waals surface area contributed by atoms with Gasteiger partial charge in [0.05, 0.1) is 12.4 Å². The Morgan fingerprint density at radius 3 is 2.55 bits per heavy atom. The van der Waals surface area contributed by atoms with Gasteiger partial charge in [-0.2, -0.15) is 0 Å². The Kier molecular flexibility index (Phi) is 5.41. The van der Waals surface area contributed by atoms with Crippen LogP contribution < -0.4 is 5.32 Å². The normalized spacial score (nSPS) is 10.6. The first kappa shape index (κ1) is 14.9. The van der Waals surface area contributed by atoms with E-state index in [1.165, 1.54) is 16.7 Å². The maximum atomic E-state index is 4.56. The summed E-state index contributed by atoms with van der Waals surface area (Å²) in [6.45, 7) is 7.34. The third-order valence-electron chi connectivity index (χ3n) is 2.84. The Balaban J connectivity index is 1.99. The van der Waals surface area contributed by atoms with Crippen LogP contribution in [0.1, 0.15) is 30.0 Å². The van der Waals surface area contributed by atoms with Crippen molar-refractivity contribution in [3.05, 3.63) is 47.3 Å². The van der Waals surface area contributed by atoms with Gasteiger partial charge >= 0.3 is 0 Å². The highest BCUT2D eigenvalue weighted by Crippen LogP contribution is 2.22. The zero-order valence-corrected chi connectivity index (χ0v) is 13.1. The summed E-state index contributed by atoms with van der Waals surface area (Å²) < 4.78 is 0. The standard InChI is InChI=1S/C16H21N3S/c1-4-5-18-15-9-17-10-16(19-15)20-11-14-7-12(2)6-13(3)8-14/h6-10H,4-5,11H2,1-3H3,(H,18,19). The molecule has 0 aliphatic carbocycles. The molecule has 0 unspecified atom stereocenters. The second-order valence-corrected chi connectivity index (χ2v) is 5.95. The van der Waals surface area contributed by atoms with Gasteiger partial charge in [0.15, 0.2) is 0 Å². The molecule has 0 aliphatic rings. The van der Waals surface area contributed by atoms with Gasteiger partial charge in [-0.3, -0.25) is 4.98 Å². The molecular weight excluding hydrogens is 266 g/mol. The lowest BCUT2D eigenvalue weighted by Gasteiger charge is -2.07. The number of benzene rings is 1. The monoisotopic (exact) mass is 287 g/mol. The van der Waals surface area contributed by atoms with Gasteiger partial charge in [0.2, 0.25) is 0 Å². The number of aromatic nitrogens is 2. The van der Waals surface area contributed by atoms with E-state index in [4.69, 9.17) is 0 Å². The molecule has 2 aromatic rings. The van der Waals surface area contributed by atoms with E-state index in [0.717, 1.165) is 29.6 Å². The molecular formula is C16H21N3S. The lowest BCUT2D eigenvalue weighted by molar-refractivity contribution is 0.948. The van der Waals surface area contributed by atoms with Gasteiger partial charge < -0.3 is 5.32 Å². The molecule has 0 atom stereocenters. The Labute approximate surface area is 125 Å². The van der Waals surface area contributed by atoms with E-state index in [2.05, 4.69) is 54.3 Å². The molecule has 1 aromatic heterocycles. The number of nitrogens with zero attached hydrogens (tertiary/aromatic N) is 2. The van der Waals surface area contributed by atoms with Crippen LogP contribution in [0.2, 0.25) is 0 Å². The first-order valence-electron chi connectivity index (χ1n) is 6.93. The highest BCUT2D eigenvalue weighted by molar-refractivity contribution is 7.98. The second kappa shape index (κ2) is 7.29. The van der Waals surface area contributed by atoms with Crippen LogP contribution in [0.25, 0.3) is 0 Å². The minimum absolute atomic E-state index is 0.859. The molecule has 1 aromatic carbocycles. The highest BCUT2D eigenvalue weighted by Gasteiger charge is 2.02. The van der Waals surface area contributed by atoms with E-state index >= 15 is 0 Å². The van der Waals surface area contributed by atoms with Crippen molar-refractivity contribution in [3.8, 4) is 0 Å². The minimum atomic E-state index is 0.859. The summed E-state index contributed by atoms with van der Waals surface area (Å²) in [5, 5.41) is 4.23. The van der Waals surface area contributed by atoms with Crippen LogP contribution in [0.4, 0.5) is 5.82 Å². The average molecular weight is 287 g/mol. The fraction of sp³-hybridized carbons (Fsp3) is 0.375. The summed E-state index contributed by atoms with van der Waals surface area (Å²) in [5.74, 6) is 1.78. The quantitative estimate of drug-likeness (QED) is 0.808.